The van der Waals surface area contributed by atoms with Crippen molar-refractivity contribution < 1.29 is 0 Å². The van der Waals surface area contributed by atoms with Crippen LogP contribution in [0.5, 0.6) is 0 Å². The van der Waals surface area contributed by atoms with Crippen molar-refractivity contribution in [3.8, 4) is 6.07 Å². The number of hydrogen-bond donors (Lipinski definition) is 1. The topological polar surface area (TPSA) is 52.0 Å². The van der Waals surface area contributed by atoms with Crippen LogP contribution in [0.25, 0.3) is 0 Å². The molecule has 0 amide bonds. The van der Waals surface area contributed by atoms with E-state index in [0.29, 0.717) is 12.5 Å². The maximum Gasteiger partial charge on any atom is 0.126 e. The van der Waals surface area contributed by atoms with Crippen LogP contribution in [-0.4, -0.2) is 36.1 Å². The molecule has 0 bridgehead atoms. The van der Waals surface area contributed by atoms with E-state index in [9.17, 15) is 0 Å². The van der Waals surface area contributed by atoms with Gasteiger partial charge in [-0.2, -0.15) is 5.26 Å². The molecule has 4 nitrogen and oxygen atoms in total. The number of rotatable bonds is 4. The van der Waals surface area contributed by atoms with E-state index in [-0.39, 0.29) is 0 Å². The lowest BCUT2D eigenvalue weighted by Gasteiger charge is -2.13. The summed E-state index contributed by atoms with van der Waals surface area (Å²) in [6.45, 7) is 5.56. The fourth-order valence-corrected chi connectivity index (χ4v) is 2.21. The standard InChI is InChI=1S/C13H18N4/c1-11-3-2-4-13(16-11)15-9-12-5-7-17(10-12)8-6-14/h2-4,12H,5,7-10H2,1H3,(H,15,16). The fourth-order valence-electron chi connectivity index (χ4n) is 2.21. The molecule has 1 aliphatic rings. The molecule has 0 aromatic carbocycles. The van der Waals surface area contributed by atoms with Crippen molar-refractivity contribution >= 4 is 5.82 Å². The number of nitriles is 1. The highest BCUT2D eigenvalue weighted by Crippen LogP contribution is 2.16. The zero-order valence-electron chi connectivity index (χ0n) is 10.2. The third-order valence-electron chi connectivity index (χ3n) is 3.12. The number of anilines is 1. The average Bonchev–Trinajstić information content (AvgIpc) is 2.75. The molecule has 4 heteroatoms. The number of aromatic nitrogens is 1. The zero-order chi connectivity index (χ0) is 12.1. The van der Waals surface area contributed by atoms with Gasteiger partial charge in [0.2, 0.25) is 0 Å². The Morgan fingerprint density at radius 1 is 1.59 bits per heavy atom. The van der Waals surface area contributed by atoms with Gasteiger partial charge in [-0.25, -0.2) is 4.98 Å². The van der Waals surface area contributed by atoms with Gasteiger partial charge < -0.3 is 5.32 Å². The zero-order valence-corrected chi connectivity index (χ0v) is 10.2. The number of pyridine rings is 1. The van der Waals surface area contributed by atoms with E-state index in [1.807, 2.05) is 25.1 Å². The lowest BCUT2D eigenvalue weighted by molar-refractivity contribution is 0.365. The molecule has 1 aromatic rings. The molecule has 2 rings (SSSR count). The first-order chi connectivity index (χ1) is 8.28. The third kappa shape index (κ3) is 3.43. The maximum atomic E-state index is 8.63. The van der Waals surface area contributed by atoms with Gasteiger partial charge in [-0.3, -0.25) is 4.90 Å². The summed E-state index contributed by atoms with van der Waals surface area (Å²) in [5, 5.41) is 12.0. The highest BCUT2D eigenvalue weighted by molar-refractivity contribution is 5.35. The quantitative estimate of drug-likeness (QED) is 0.799. The Labute approximate surface area is 102 Å². The predicted octanol–water partition coefficient (Wildman–Crippen LogP) is 1.65. The highest BCUT2D eigenvalue weighted by atomic mass is 15.1. The fraction of sp³-hybridized carbons (Fsp3) is 0.538. The minimum absolute atomic E-state index is 0.555. The predicted molar refractivity (Wildman–Crippen MR) is 67.6 cm³/mol. The summed E-state index contributed by atoms with van der Waals surface area (Å²) in [5.74, 6) is 1.58. The van der Waals surface area contributed by atoms with Crippen LogP contribution in [0.2, 0.25) is 0 Å². The van der Waals surface area contributed by atoms with Crippen LogP contribution in [0.3, 0.4) is 0 Å². The molecule has 1 saturated heterocycles. The summed E-state index contributed by atoms with van der Waals surface area (Å²) in [5.41, 5.74) is 1.03. The van der Waals surface area contributed by atoms with E-state index in [1.54, 1.807) is 0 Å². The van der Waals surface area contributed by atoms with E-state index in [2.05, 4.69) is 21.3 Å². The molecule has 2 heterocycles. The van der Waals surface area contributed by atoms with E-state index < -0.39 is 0 Å². The Morgan fingerprint density at radius 3 is 3.24 bits per heavy atom. The first-order valence-corrected chi connectivity index (χ1v) is 6.05. The van der Waals surface area contributed by atoms with Gasteiger partial charge in [0.25, 0.3) is 0 Å². The molecule has 0 spiro atoms. The summed E-state index contributed by atoms with van der Waals surface area (Å²) in [4.78, 5) is 6.62. The highest BCUT2D eigenvalue weighted by Gasteiger charge is 2.21. The van der Waals surface area contributed by atoms with Crippen LogP contribution < -0.4 is 5.32 Å². The maximum absolute atomic E-state index is 8.63. The van der Waals surface area contributed by atoms with Crippen molar-refractivity contribution in [2.75, 3.05) is 31.5 Å². The largest absolute Gasteiger partial charge is 0.370 e. The van der Waals surface area contributed by atoms with Crippen LogP contribution in [0.15, 0.2) is 18.2 Å². The molecule has 0 aliphatic carbocycles. The second-order valence-electron chi connectivity index (χ2n) is 4.59. The van der Waals surface area contributed by atoms with Gasteiger partial charge in [0.1, 0.15) is 5.82 Å². The van der Waals surface area contributed by atoms with Crippen molar-refractivity contribution in [1.82, 2.24) is 9.88 Å². The number of likely N-dealkylation sites (tertiary alicyclic amines) is 1. The molecular weight excluding hydrogens is 212 g/mol. The van der Waals surface area contributed by atoms with Gasteiger partial charge in [-0.15, -0.1) is 0 Å². The summed E-state index contributed by atoms with van der Waals surface area (Å²) >= 11 is 0. The van der Waals surface area contributed by atoms with E-state index in [0.717, 1.165) is 31.1 Å². The molecule has 17 heavy (non-hydrogen) atoms. The van der Waals surface area contributed by atoms with Crippen LogP contribution in [0.1, 0.15) is 12.1 Å². The van der Waals surface area contributed by atoms with E-state index in [1.165, 1.54) is 6.42 Å². The van der Waals surface area contributed by atoms with E-state index >= 15 is 0 Å². The molecule has 1 unspecified atom stereocenters. The van der Waals surface area contributed by atoms with Crippen LogP contribution in [0.4, 0.5) is 5.82 Å². The number of hydrogen-bond acceptors (Lipinski definition) is 4. The van der Waals surface area contributed by atoms with Crippen molar-refractivity contribution in [3.05, 3.63) is 23.9 Å². The molecule has 1 aromatic heterocycles. The summed E-state index contributed by atoms with van der Waals surface area (Å²) in [7, 11) is 0. The Morgan fingerprint density at radius 2 is 2.47 bits per heavy atom. The van der Waals surface area contributed by atoms with Gasteiger partial charge in [0, 0.05) is 18.8 Å². The Balaban J connectivity index is 1.78. The average molecular weight is 230 g/mol. The monoisotopic (exact) mass is 230 g/mol. The molecule has 1 fully saturated rings. The number of aryl methyl sites for hydroxylation is 1. The van der Waals surface area contributed by atoms with Crippen LogP contribution >= 0.6 is 0 Å². The molecule has 0 radical (unpaired) electrons. The smallest absolute Gasteiger partial charge is 0.126 e. The van der Waals surface area contributed by atoms with Crippen LogP contribution in [0, 0.1) is 24.2 Å². The third-order valence-corrected chi connectivity index (χ3v) is 3.12. The minimum atomic E-state index is 0.555. The normalized spacial score (nSPS) is 20.1. The van der Waals surface area contributed by atoms with Gasteiger partial charge in [-0.05, 0) is 37.9 Å². The lowest BCUT2D eigenvalue weighted by Crippen LogP contribution is -2.23. The van der Waals surface area contributed by atoms with Crippen molar-refractivity contribution in [2.24, 2.45) is 5.92 Å². The van der Waals surface area contributed by atoms with Crippen molar-refractivity contribution in [2.45, 2.75) is 13.3 Å². The van der Waals surface area contributed by atoms with Crippen molar-refractivity contribution in [1.29, 1.82) is 5.26 Å². The first kappa shape index (κ1) is 11.9. The molecule has 1 N–H and O–H groups in total. The second-order valence-corrected chi connectivity index (χ2v) is 4.59. The number of nitrogens with one attached hydrogen (secondary N) is 1. The second kappa shape index (κ2) is 5.65. The van der Waals surface area contributed by atoms with Gasteiger partial charge >= 0.3 is 0 Å². The van der Waals surface area contributed by atoms with E-state index in [4.69, 9.17) is 5.26 Å². The molecule has 0 saturated carbocycles. The Bertz CT molecular complexity index is 410. The number of nitrogens with zero attached hydrogens (tertiary/aromatic N) is 3. The lowest BCUT2D eigenvalue weighted by atomic mass is 10.1. The SMILES string of the molecule is Cc1cccc(NCC2CCN(CC#N)C2)n1. The molecule has 1 aliphatic heterocycles. The van der Waals surface area contributed by atoms with Gasteiger partial charge in [0.05, 0.1) is 12.6 Å². The van der Waals surface area contributed by atoms with Crippen molar-refractivity contribution in [3.63, 3.8) is 0 Å². The Hall–Kier alpha value is -1.60. The minimum Gasteiger partial charge on any atom is -0.370 e. The molecule has 90 valence electrons. The first-order valence-electron chi connectivity index (χ1n) is 6.05. The summed E-state index contributed by atoms with van der Waals surface area (Å²) in [6.07, 6.45) is 1.17. The van der Waals surface area contributed by atoms with Gasteiger partial charge in [0.15, 0.2) is 0 Å². The molecule has 1 atom stereocenters. The van der Waals surface area contributed by atoms with Gasteiger partial charge in [-0.1, -0.05) is 6.07 Å². The summed E-state index contributed by atoms with van der Waals surface area (Å²) in [6, 6.07) is 8.21. The molecular formula is C13H18N4. The van der Waals surface area contributed by atoms with Crippen LogP contribution in [-0.2, 0) is 0 Å². The summed E-state index contributed by atoms with van der Waals surface area (Å²) < 4.78 is 0. The Kier molecular flexibility index (Phi) is 3.94.